The van der Waals surface area contributed by atoms with Gasteiger partial charge in [-0.05, 0) is 29.4 Å². The molecule has 2 aromatic rings. The molecule has 25 heavy (non-hydrogen) atoms. The van der Waals surface area contributed by atoms with E-state index in [1.807, 2.05) is 0 Å². The van der Waals surface area contributed by atoms with E-state index in [2.05, 4.69) is 37.4 Å². The Morgan fingerprint density at radius 1 is 1.32 bits per heavy atom. The first-order chi connectivity index (χ1) is 12.3. The topological polar surface area (TPSA) is 53.5 Å². The SMILES string of the molecule is Clc1nc(N2CCOCC2)c2sc(CN3CC4=CNCC4C3)cc2n1. The fourth-order valence-electron chi connectivity index (χ4n) is 3.92. The highest BCUT2D eigenvalue weighted by Gasteiger charge is 2.30. The summed E-state index contributed by atoms with van der Waals surface area (Å²) in [6, 6.07) is 2.18. The number of thiophene rings is 1. The van der Waals surface area contributed by atoms with Crippen LogP contribution in [0.2, 0.25) is 5.28 Å². The number of aromatic nitrogens is 2. The lowest BCUT2D eigenvalue weighted by Crippen LogP contribution is -2.36. The van der Waals surface area contributed by atoms with Gasteiger partial charge in [0.25, 0.3) is 0 Å². The third-order valence-electron chi connectivity index (χ3n) is 5.13. The Morgan fingerprint density at radius 2 is 2.20 bits per heavy atom. The van der Waals surface area contributed by atoms with Gasteiger partial charge in [0, 0.05) is 50.1 Å². The number of likely N-dealkylation sites (tertiary alicyclic amines) is 1. The van der Waals surface area contributed by atoms with Crippen LogP contribution in [0.1, 0.15) is 4.88 Å². The predicted molar refractivity (Wildman–Crippen MR) is 100 cm³/mol. The van der Waals surface area contributed by atoms with Gasteiger partial charge in [-0.2, -0.15) is 4.98 Å². The third kappa shape index (κ3) is 2.99. The molecule has 3 aliphatic rings. The summed E-state index contributed by atoms with van der Waals surface area (Å²) in [5, 5.41) is 3.67. The molecule has 5 heterocycles. The van der Waals surface area contributed by atoms with Gasteiger partial charge in [0.1, 0.15) is 0 Å². The number of fused-ring (bicyclic) bond motifs is 2. The van der Waals surface area contributed by atoms with Crippen molar-refractivity contribution in [1.29, 1.82) is 0 Å². The average Bonchev–Trinajstić information content (AvgIpc) is 3.29. The number of morpholine rings is 1. The van der Waals surface area contributed by atoms with Gasteiger partial charge in [-0.1, -0.05) is 0 Å². The number of hydrogen-bond donors (Lipinski definition) is 1. The molecule has 8 heteroatoms. The molecule has 1 N–H and O–H groups in total. The fourth-order valence-corrected chi connectivity index (χ4v) is 5.24. The number of anilines is 1. The van der Waals surface area contributed by atoms with Gasteiger partial charge in [-0.15, -0.1) is 11.3 Å². The Labute approximate surface area is 155 Å². The second kappa shape index (κ2) is 6.39. The number of nitrogens with one attached hydrogen (secondary N) is 1. The van der Waals surface area contributed by atoms with Crippen LogP contribution in [0.15, 0.2) is 17.8 Å². The van der Waals surface area contributed by atoms with E-state index in [-0.39, 0.29) is 0 Å². The summed E-state index contributed by atoms with van der Waals surface area (Å²) in [6.45, 7) is 7.43. The molecule has 0 radical (unpaired) electrons. The van der Waals surface area contributed by atoms with Crippen LogP contribution in [-0.2, 0) is 11.3 Å². The summed E-state index contributed by atoms with van der Waals surface area (Å²) in [6.07, 6.45) is 2.19. The van der Waals surface area contributed by atoms with E-state index in [1.54, 1.807) is 11.3 Å². The van der Waals surface area contributed by atoms with Crippen LogP contribution in [0.3, 0.4) is 0 Å². The van der Waals surface area contributed by atoms with E-state index in [4.69, 9.17) is 16.3 Å². The quantitative estimate of drug-likeness (QED) is 0.827. The van der Waals surface area contributed by atoms with Gasteiger partial charge in [-0.3, -0.25) is 4.90 Å². The van der Waals surface area contributed by atoms with Crippen LogP contribution in [0.25, 0.3) is 10.2 Å². The molecular weight excluding hydrogens is 358 g/mol. The highest BCUT2D eigenvalue weighted by Crippen LogP contribution is 2.35. The Kier molecular flexibility index (Phi) is 4.04. The minimum Gasteiger partial charge on any atom is -0.390 e. The van der Waals surface area contributed by atoms with Gasteiger partial charge in [0.15, 0.2) is 5.82 Å². The number of ether oxygens (including phenoxy) is 1. The van der Waals surface area contributed by atoms with Crippen molar-refractivity contribution in [2.75, 3.05) is 50.8 Å². The van der Waals surface area contributed by atoms with E-state index in [0.717, 1.165) is 68.5 Å². The van der Waals surface area contributed by atoms with Crippen molar-refractivity contribution in [2.45, 2.75) is 6.54 Å². The normalized spacial score (nSPS) is 23.8. The molecule has 0 amide bonds. The van der Waals surface area contributed by atoms with Crippen molar-refractivity contribution in [3.05, 3.63) is 28.0 Å². The minimum absolute atomic E-state index is 0.324. The molecule has 2 saturated heterocycles. The van der Waals surface area contributed by atoms with Crippen LogP contribution in [0.5, 0.6) is 0 Å². The van der Waals surface area contributed by atoms with Crippen LogP contribution in [0.4, 0.5) is 5.82 Å². The van der Waals surface area contributed by atoms with E-state index in [9.17, 15) is 0 Å². The van der Waals surface area contributed by atoms with Crippen LogP contribution < -0.4 is 10.2 Å². The van der Waals surface area contributed by atoms with Crippen molar-refractivity contribution in [2.24, 2.45) is 5.92 Å². The van der Waals surface area contributed by atoms with Crippen LogP contribution in [-0.4, -0.2) is 60.8 Å². The van der Waals surface area contributed by atoms with Gasteiger partial charge in [0.2, 0.25) is 5.28 Å². The standard InChI is InChI=1S/C17H20ClN5OS/c18-17-20-14-5-13(10-22-8-11-6-19-7-12(11)9-22)25-15(14)16(21-17)23-1-3-24-4-2-23/h5-6,12,19H,1-4,7-10H2. The first-order valence-corrected chi connectivity index (χ1v) is 9.89. The largest absolute Gasteiger partial charge is 0.390 e. The number of hydrogen-bond acceptors (Lipinski definition) is 7. The Balaban J connectivity index is 1.43. The van der Waals surface area contributed by atoms with Gasteiger partial charge in [0.05, 0.1) is 23.4 Å². The maximum Gasteiger partial charge on any atom is 0.224 e. The van der Waals surface area contributed by atoms with E-state index < -0.39 is 0 Å². The molecule has 6 nitrogen and oxygen atoms in total. The molecule has 0 saturated carbocycles. The van der Waals surface area contributed by atoms with Crippen molar-refractivity contribution in [3.63, 3.8) is 0 Å². The van der Waals surface area contributed by atoms with Crippen molar-refractivity contribution in [1.82, 2.24) is 20.2 Å². The van der Waals surface area contributed by atoms with Crippen molar-refractivity contribution < 1.29 is 4.74 Å². The molecule has 132 valence electrons. The maximum absolute atomic E-state index is 6.19. The molecule has 0 spiro atoms. The second-order valence-corrected chi connectivity index (χ2v) is 8.31. The zero-order chi connectivity index (χ0) is 16.8. The zero-order valence-corrected chi connectivity index (χ0v) is 15.4. The average molecular weight is 378 g/mol. The summed E-state index contributed by atoms with van der Waals surface area (Å²) < 4.78 is 6.60. The summed E-state index contributed by atoms with van der Waals surface area (Å²) in [4.78, 5) is 15.1. The molecule has 3 aliphatic heterocycles. The van der Waals surface area contributed by atoms with Gasteiger partial charge >= 0.3 is 0 Å². The summed E-state index contributed by atoms with van der Waals surface area (Å²) in [5.41, 5.74) is 2.50. The molecule has 5 rings (SSSR count). The van der Waals surface area contributed by atoms with Crippen molar-refractivity contribution in [3.8, 4) is 0 Å². The molecule has 1 unspecified atom stereocenters. The highest BCUT2D eigenvalue weighted by atomic mass is 35.5. The lowest BCUT2D eigenvalue weighted by Gasteiger charge is -2.28. The Morgan fingerprint density at radius 3 is 3.04 bits per heavy atom. The second-order valence-electron chi connectivity index (χ2n) is 6.84. The molecule has 2 fully saturated rings. The lowest BCUT2D eigenvalue weighted by molar-refractivity contribution is 0.122. The smallest absolute Gasteiger partial charge is 0.224 e. The summed E-state index contributed by atoms with van der Waals surface area (Å²) >= 11 is 7.99. The Bertz CT molecular complexity index is 832. The molecule has 0 bridgehead atoms. The first kappa shape index (κ1) is 15.8. The van der Waals surface area contributed by atoms with E-state index in [1.165, 1.54) is 10.5 Å². The molecular formula is C17H20ClN5OS. The molecule has 0 aliphatic carbocycles. The first-order valence-electron chi connectivity index (χ1n) is 8.69. The molecule has 1 atom stereocenters. The number of halogens is 1. The van der Waals surface area contributed by atoms with Gasteiger partial charge < -0.3 is 15.0 Å². The third-order valence-corrected chi connectivity index (χ3v) is 6.40. The van der Waals surface area contributed by atoms with Crippen LogP contribution >= 0.6 is 22.9 Å². The lowest BCUT2D eigenvalue weighted by atomic mass is 10.1. The van der Waals surface area contributed by atoms with Gasteiger partial charge in [-0.25, -0.2) is 4.98 Å². The summed E-state index contributed by atoms with van der Waals surface area (Å²) in [5.74, 6) is 1.65. The summed E-state index contributed by atoms with van der Waals surface area (Å²) in [7, 11) is 0. The highest BCUT2D eigenvalue weighted by molar-refractivity contribution is 7.19. The Hall–Kier alpha value is -1.41. The van der Waals surface area contributed by atoms with Crippen molar-refractivity contribution >= 4 is 39.0 Å². The molecule has 2 aromatic heterocycles. The fraction of sp³-hybridized carbons (Fsp3) is 0.529. The van der Waals surface area contributed by atoms with Crippen LogP contribution in [0, 0.1) is 5.92 Å². The maximum atomic E-state index is 6.19. The van der Waals surface area contributed by atoms with E-state index in [0.29, 0.717) is 11.2 Å². The number of nitrogens with zero attached hydrogens (tertiary/aromatic N) is 4. The van der Waals surface area contributed by atoms with E-state index >= 15 is 0 Å². The predicted octanol–water partition coefficient (Wildman–Crippen LogP) is 2.10. The number of rotatable bonds is 3. The minimum atomic E-state index is 0.324. The zero-order valence-electron chi connectivity index (χ0n) is 13.9. The molecule has 0 aromatic carbocycles. The monoisotopic (exact) mass is 377 g/mol.